The summed E-state index contributed by atoms with van der Waals surface area (Å²) in [5.41, 5.74) is 4.33. The van der Waals surface area contributed by atoms with E-state index in [9.17, 15) is 9.59 Å². The lowest BCUT2D eigenvalue weighted by Crippen LogP contribution is -2.54. The third kappa shape index (κ3) is 4.12. The Bertz CT molecular complexity index is 905. The SMILES string of the molecule is Cc1ccccc1CN1CCN(C(=O)CN2c3ccccc3NC(=O)[C@@H]2C)CC1. The van der Waals surface area contributed by atoms with Crippen LogP contribution in [0.15, 0.2) is 48.5 Å². The summed E-state index contributed by atoms with van der Waals surface area (Å²) in [5.74, 6) is 0.0106. The van der Waals surface area contributed by atoms with Gasteiger partial charge in [0.2, 0.25) is 11.8 Å². The van der Waals surface area contributed by atoms with Crippen molar-refractivity contribution in [1.82, 2.24) is 9.80 Å². The zero-order chi connectivity index (χ0) is 20.4. The smallest absolute Gasteiger partial charge is 0.246 e. The molecule has 0 spiro atoms. The van der Waals surface area contributed by atoms with Gasteiger partial charge in [-0.1, -0.05) is 36.4 Å². The van der Waals surface area contributed by atoms with Gasteiger partial charge in [0.1, 0.15) is 6.04 Å². The van der Waals surface area contributed by atoms with Crippen molar-refractivity contribution < 1.29 is 9.59 Å². The Labute approximate surface area is 172 Å². The van der Waals surface area contributed by atoms with Crippen LogP contribution in [0.1, 0.15) is 18.1 Å². The van der Waals surface area contributed by atoms with Gasteiger partial charge in [0, 0.05) is 32.7 Å². The van der Waals surface area contributed by atoms with E-state index in [1.807, 2.05) is 41.0 Å². The normalized spacial score (nSPS) is 19.7. The number of amides is 2. The molecular formula is C23H28N4O2. The third-order valence-corrected chi connectivity index (χ3v) is 6.00. The summed E-state index contributed by atoms with van der Waals surface area (Å²) in [6.45, 7) is 8.32. The minimum absolute atomic E-state index is 0.0699. The zero-order valence-electron chi connectivity index (χ0n) is 17.1. The van der Waals surface area contributed by atoms with Gasteiger partial charge in [-0.25, -0.2) is 0 Å². The molecule has 0 unspecified atom stereocenters. The lowest BCUT2D eigenvalue weighted by Gasteiger charge is -2.39. The zero-order valence-corrected chi connectivity index (χ0v) is 17.1. The van der Waals surface area contributed by atoms with Crippen molar-refractivity contribution in [2.24, 2.45) is 0 Å². The van der Waals surface area contributed by atoms with Crippen molar-refractivity contribution in [2.45, 2.75) is 26.4 Å². The Kier molecular flexibility index (Phi) is 5.53. The topological polar surface area (TPSA) is 55.9 Å². The highest BCUT2D eigenvalue weighted by Crippen LogP contribution is 2.31. The van der Waals surface area contributed by atoms with E-state index in [4.69, 9.17) is 0 Å². The number of rotatable bonds is 4. The van der Waals surface area contributed by atoms with E-state index in [1.165, 1.54) is 11.1 Å². The molecule has 0 radical (unpaired) electrons. The molecule has 2 aliphatic heterocycles. The summed E-state index contributed by atoms with van der Waals surface area (Å²) in [6, 6.07) is 15.8. The molecule has 6 heteroatoms. The molecule has 2 amide bonds. The van der Waals surface area contributed by atoms with Crippen LogP contribution in [0.5, 0.6) is 0 Å². The number of nitrogens with zero attached hydrogens (tertiary/aromatic N) is 3. The number of piperazine rings is 1. The first kappa shape index (κ1) is 19.5. The highest BCUT2D eigenvalue weighted by molar-refractivity contribution is 6.04. The van der Waals surface area contributed by atoms with Crippen LogP contribution >= 0.6 is 0 Å². The van der Waals surface area contributed by atoms with Crippen LogP contribution < -0.4 is 10.2 Å². The van der Waals surface area contributed by atoms with E-state index in [0.717, 1.165) is 44.1 Å². The van der Waals surface area contributed by atoms with Gasteiger partial charge in [-0.15, -0.1) is 0 Å². The predicted octanol–water partition coefficient (Wildman–Crippen LogP) is 2.49. The minimum atomic E-state index is -0.365. The molecular weight excluding hydrogens is 364 g/mol. The van der Waals surface area contributed by atoms with Gasteiger partial charge in [0.05, 0.1) is 17.9 Å². The summed E-state index contributed by atoms with van der Waals surface area (Å²) >= 11 is 0. The van der Waals surface area contributed by atoms with Crippen molar-refractivity contribution in [3.8, 4) is 0 Å². The Hall–Kier alpha value is -2.86. The molecule has 1 saturated heterocycles. The van der Waals surface area contributed by atoms with Gasteiger partial charge < -0.3 is 15.1 Å². The Morgan fingerprint density at radius 3 is 2.48 bits per heavy atom. The lowest BCUT2D eigenvalue weighted by atomic mass is 10.1. The molecule has 0 aliphatic carbocycles. The molecule has 1 atom stereocenters. The van der Waals surface area contributed by atoms with Crippen LogP contribution in [0.3, 0.4) is 0 Å². The van der Waals surface area contributed by atoms with Crippen LogP contribution in [0.2, 0.25) is 0 Å². The molecule has 152 valence electrons. The van der Waals surface area contributed by atoms with Gasteiger partial charge in [-0.2, -0.15) is 0 Å². The molecule has 0 bridgehead atoms. The van der Waals surface area contributed by atoms with Gasteiger partial charge in [0.25, 0.3) is 0 Å². The molecule has 0 aromatic heterocycles. The number of anilines is 2. The molecule has 29 heavy (non-hydrogen) atoms. The monoisotopic (exact) mass is 392 g/mol. The summed E-state index contributed by atoms with van der Waals surface area (Å²) < 4.78 is 0. The fraction of sp³-hybridized carbons (Fsp3) is 0.391. The van der Waals surface area contributed by atoms with Crippen molar-refractivity contribution in [3.05, 3.63) is 59.7 Å². The van der Waals surface area contributed by atoms with Crippen molar-refractivity contribution >= 4 is 23.2 Å². The molecule has 0 saturated carbocycles. The van der Waals surface area contributed by atoms with Gasteiger partial charge in [0.15, 0.2) is 0 Å². The molecule has 6 nitrogen and oxygen atoms in total. The maximum absolute atomic E-state index is 13.0. The molecule has 1 fully saturated rings. The summed E-state index contributed by atoms with van der Waals surface area (Å²) in [4.78, 5) is 31.5. The average molecular weight is 393 g/mol. The van der Waals surface area contributed by atoms with Crippen LogP contribution in [0, 0.1) is 6.92 Å². The summed E-state index contributed by atoms with van der Waals surface area (Å²) in [7, 11) is 0. The summed E-state index contributed by atoms with van der Waals surface area (Å²) in [6.07, 6.45) is 0. The average Bonchev–Trinajstić information content (AvgIpc) is 2.73. The fourth-order valence-electron chi connectivity index (χ4n) is 4.07. The third-order valence-electron chi connectivity index (χ3n) is 6.00. The number of aryl methyl sites for hydroxylation is 1. The Morgan fingerprint density at radius 1 is 1.03 bits per heavy atom. The first-order chi connectivity index (χ1) is 14.0. The standard InChI is InChI=1S/C23H28N4O2/c1-17-7-3-4-8-19(17)15-25-11-13-26(14-12-25)22(28)16-27-18(2)23(29)24-20-9-5-6-10-21(20)27/h3-10,18H,11-16H2,1-2H3,(H,24,29)/t18-/m0/s1. The van der Waals surface area contributed by atoms with Gasteiger partial charge in [-0.3, -0.25) is 14.5 Å². The highest BCUT2D eigenvalue weighted by Gasteiger charge is 2.32. The van der Waals surface area contributed by atoms with E-state index in [0.29, 0.717) is 0 Å². The van der Waals surface area contributed by atoms with Crippen LogP contribution in [-0.2, 0) is 16.1 Å². The number of benzene rings is 2. The Morgan fingerprint density at radius 2 is 1.72 bits per heavy atom. The van der Waals surface area contributed by atoms with Crippen molar-refractivity contribution in [1.29, 1.82) is 0 Å². The van der Waals surface area contributed by atoms with Gasteiger partial charge in [-0.05, 0) is 37.1 Å². The number of carbonyl (C=O) groups is 2. The fourth-order valence-corrected chi connectivity index (χ4v) is 4.07. The second-order valence-electron chi connectivity index (χ2n) is 7.89. The van der Waals surface area contributed by atoms with Gasteiger partial charge >= 0.3 is 0 Å². The van der Waals surface area contributed by atoms with Crippen LogP contribution in [-0.4, -0.2) is 60.4 Å². The first-order valence-electron chi connectivity index (χ1n) is 10.2. The van der Waals surface area contributed by atoms with Crippen molar-refractivity contribution in [3.63, 3.8) is 0 Å². The van der Waals surface area contributed by atoms with E-state index < -0.39 is 0 Å². The largest absolute Gasteiger partial charge is 0.349 e. The van der Waals surface area contributed by atoms with E-state index >= 15 is 0 Å². The van der Waals surface area contributed by atoms with E-state index in [1.54, 1.807) is 0 Å². The molecule has 4 rings (SSSR count). The maximum Gasteiger partial charge on any atom is 0.246 e. The molecule has 2 aromatic carbocycles. The number of hydrogen-bond acceptors (Lipinski definition) is 4. The number of carbonyl (C=O) groups excluding carboxylic acids is 2. The van der Waals surface area contributed by atoms with E-state index in [2.05, 4.69) is 41.4 Å². The molecule has 2 heterocycles. The second kappa shape index (κ2) is 8.25. The number of hydrogen-bond donors (Lipinski definition) is 1. The number of nitrogens with one attached hydrogen (secondary N) is 1. The number of fused-ring (bicyclic) bond motifs is 1. The quantitative estimate of drug-likeness (QED) is 0.869. The predicted molar refractivity (Wildman–Crippen MR) is 115 cm³/mol. The Balaban J connectivity index is 1.37. The van der Waals surface area contributed by atoms with E-state index in [-0.39, 0.29) is 24.4 Å². The van der Waals surface area contributed by atoms with Crippen LogP contribution in [0.25, 0.3) is 0 Å². The maximum atomic E-state index is 13.0. The van der Waals surface area contributed by atoms with Crippen LogP contribution in [0.4, 0.5) is 11.4 Å². The highest BCUT2D eigenvalue weighted by atomic mass is 16.2. The minimum Gasteiger partial charge on any atom is -0.349 e. The molecule has 2 aromatic rings. The molecule has 2 aliphatic rings. The summed E-state index contributed by atoms with van der Waals surface area (Å²) in [5, 5.41) is 2.91. The molecule has 1 N–H and O–H groups in total. The lowest BCUT2D eigenvalue weighted by molar-refractivity contribution is -0.131. The van der Waals surface area contributed by atoms with Crippen molar-refractivity contribution in [2.75, 3.05) is 42.9 Å². The second-order valence-corrected chi connectivity index (χ2v) is 7.89. The first-order valence-corrected chi connectivity index (χ1v) is 10.2. The number of para-hydroxylation sites is 2.